The van der Waals surface area contributed by atoms with Crippen molar-refractivity contribution >= 4 is 46.6 Å². The molecule has 62 valence electrons. The van der Waals surface area contributed by atoms with Crippen molar-refractivity contribution in [2.45, 2.75) is 16.0 Å². The molecule has 0 aliphatic heterocycles. The number of aliphatic hydroxyl groups excluding tert-OH is 1. The van der Waals surface area contributed by atoms with Crippen LogP contribution in [-0.4, -0.2) is 26.5 Å². The highest BCUT2D eigenvalue weighted by molar-refractivity contribution is 8.00. The van der Waals surface area contributed by atoms with Crippen LogP contribution in [-0.2, 0) is 0 Å². The molecule has 0 aliphatic carbocycles. The van der Waals surface area contributed by atoms with E-state index in [4.69, 9.17) is 39.9 Å². The van der Waals surface area contributed by atoms with Crippen LogP contribution < -0.4 is 0 Å². The van der Waals surface area contributed by atoms with Gasteiger partial charge in [0.05, 0.1) is 6.61 Å². The fraction of sp³-hybridized carbons (Fsp3) is 1.00. The molecule has 0 aliphatic rings. The van der Waals surface area contributed by atoms with Crippen molar-refractivity contribution in [2.75, 3.05) is 12.4 Å². The predicted molar refractivity (Wildman–Crippen MR) is 49.3 cm³/mol. The summed E-state index contributed by atoms with van der Waals surface area (Å²) in [6.45, 7) is 1.99. The van der Waals surface area contributed by atoms with Crippen LogP contribution in [0.1, 0.15) is 6.92 Å². The van der Waals surface area contributed by atoms with E-state index in [1.165, 1.54) is 11.8 Å². The quantitative estimate of drug-likeness (QED) is 0.742. The molecular formula is C5H9Cl3OS. The lowest BCUT2D eigenvalue weighted by atomic mass is 10.5. The van der Waals surface area contributed by atoms with E-state index in [-0.39, 0.29) is 11.9 Å². The lowest BCUT2D eigenvalue weighted by molar-refractivity contribution is 0.300. The van der Waals surface area contributed by atoms with E-state index in [2.05, 4.69) is 0 Å². The van der Waals surface area contributed by atoms with Gasteiger partial charge in [0.15, 0.2) is 3.79 Å². The largest absolute Gasteiger partial charge is 0.395 e. The third kappa shape index (κ3) is 7.29. The molecule has 0 radical (unpaired) electrons. The second kappa shape index (κ2) is 4.94. The fourth-order valence-corrected chi connectivity index (χ4v) is 1.44. The maximum atomic E-state index is 8.58. The molecule has 0 fully saturated rings. The molecule has 0 saturated carbocycles. The standard InChI is InChI=1S/C5H9Cl3OS/c1-4(2-9)10-3-5(6,7)8/h4,9H,2-3H2,1H3. The SMILES string of the molecule is CC(CO)SCC(Cl)(Cl)Cl. The van der Waals surface area contributed by atoms with Crippen LogP contribution in [0.25, 0.3) is 0 Å². The van der Waals surface area contributed by atoms with Crippen LogP contribution in [0.15, 0.2) is 0 Å². The van der Waals surface area contributed by atoms with Crippen LogP contribution in [0.3, 0.4) is 0 Å². The Morgan fingerprint density at radius 1 is 1.50 bits per heavy atom. The molecule has 10 heavy (non-hydrogen) atoms. The minimum absolute atomic E-state index is 0.116. The Balaban J connectivity index is 3.36. The first-order chi connectivity index (χ1) is 4.45. The average molecular weight is 224 g/mol. The smallest absolute Gasteiger partial charge is 0.199 e. The molecule has 0 aromatic rings. The van der Waals surface area contributed by atoms with Crippen molar-refractivity contribution in [2.24, 2.45) is 0 Å². The first kappa shape index (κ1) is 11.2. The van der Waals surface area contributed by atoms with E-state index in [0.717, 1.165) is 0 Å². The molecule has 1 unspecified atom stereocenters. The number of hydrogen-bond acceptors (Lipinski definition) is 2. The molecule has 0 heterocycles. The lowest BCUT2D eigenvalue weighted by Gasteiger charge is -2.12. The Morgan fingerprint density at radius 3 is 2.30 bits per heavy atom. The van der Waals surface area contributed by atoms with E-state index < -0.39 is 3.79 Å². The van der Waals surface area contributed by atoms with Gasteiger partial charge in [0, 0.05) is 11.0 Å². The zero-order chi connectivity index (χ0) is 8.20. The Morgan fingerprint density at radius 2 is 2.00 bits per heavy atom. The molecule has 0 rings (SSSR count). The van der Waals surface area contributed by atoms with Crippen molar-refractivity contribution in [1.82, 2.24) is 0 Å². The van der Waals surface area contributed by atoms with Crippen LogP contribution in [0.5, 0.6) is 0 Å². The first-order valence-electron chi connectivity index (χ1n) is 2.75. The zero-order valence-electron chi connectivity index (χ0n) is 5.48. The van der Waals surface area contributed by atoms with Crippen LogP contribution >= 0.6 is 46.6 Å². The van der Waals surface area contributed by atoms with Gasteiger partial charge in [-0.05, 0) is 0 Å². The number of aliphatic hydroxyl groups is 1. The molecule has 0 amide bonds. The Kier molecular flexibility index (Phi) is 5.52. The summed E-state index contributed by atoms with van der Waals surface area (Å²) in [4.78, 5) is 0. The van der Waals surface area contributed by atoms with Gasteiger partial charge in [-0.25, -0.2) is 0 Å². The van der Waals surface area contributed by atoms with Crippen molar-refractivity contribution in [3.63, 3.8) is 0 Å². The van der Waals surface area contributed by atoms with E-state index in [1.54, 1.807) is 0 Å². The van der Waals surface area contributed by atoms with Crippen LogP contribution in [0.2, 0.25) is 0 Å². The molecule has 5 heteroatoms. The average Bonchev–Trinajstić information content (AvgIpc) is 1.81. The van der Waals surface area contributed by atoms with Crippen molar-refractivity contribution < 1.29 is 5.11 Å². The van der Waals surface area contributed by atoms with E-state index >= 15 is 0 Å². The summed E-state index contributed by atoms with van der Waals surface area (Å²) in [5.41, 5.74) is 0. The van der Waals surface area contributed by atoms with Gasteiger partial charge < -0.3 is 5.11 Å². The van der Waals surface area contributed by atoms with Gasteiger partial charge in [-0.15, -0.1) is 0 Å². The summed E-state index contributed by atoms with van der Waals surface area (Å²) in [6, 6.07) is 0. The fourth-order valence-electron chi connectivity index (χ4n) is 0.289. The lowest BCUT2D eigenvalue weighted by Crippen LogP contribution is -2.11. The second-order valence-corrected chi connectivity index (χ2v) is 5.86. The highest BCUT2D eigenvalue weighted by Gasteiger charge is 2.20. The Bertz CT molecular complexity index is 93.4. The Hall–Kier alpha value is 1.18. The van der Waals surface area contributed by atoms with Crippen molar-refractivity contribution in [1.29, 1.82) is 0 Å². The summed E-state index contributed by atoms with van der Waals surface area (Å²) in [5.74, 6) is 0.416. The molecular weight excluding hydrogens is 214 g/mol. The van der Waals surface area contributed by atoms with E-state index in [0.29, 0.717) is 5.75 Å². The molecule has 1 atom stereocenters. The summed E-state index contributed by atoms with van der Waals surface area (Å²) in [5, 5.41) is 8.72. The Labute approximate surface area is 80.0 Å². The predicted octanol–water partition coefficient (Wildman–Crippen LogP) is 2.47. The third-order valence-corrected chi connectivity index (χ3v) is 2.98. The summed E-state index contributed by atoms with van der Waals surface area (Å²) < 4.78 is -1.20. The first-order valence-corrected chi connectivity index (χ1v) is 4.93. The van der Waals surface area contributed by atoms with Gasteiger partial charge in [-0.2, -0.15) is 11.8 Å². The van der Waals surface area contributed by atoms with E-state index in [1.807, 2.05) is 6.92 Å². The number of halogens is 3. The monoisotopic (exact) mass is 222 g/mol. The van der Waals surface area contributed by atoms with Gasteiger partial charge >= 0.3 is 0 Å². The maximum absolute atomic E-state index is 8.58. The number of alkyl halides is 3. The molecule has 0 aromatic heterocycles. The summed E-state index contributed by atoms with van der Waals surface area (Å²) >= 11 is 17.8. The van der Waals surface area contributed by atoms with Gasteiger partial charge in [-0.3, -0.25) is 0 Å². The van der Waals surface area contributed by atoms with Crippen molar-refractivity contribution in [3.05, 3.63) is 0 Å². The number of thioether (sulfide) groups is 1. The molecule has 0 bridgehead atoms. The molecule has 0 saturated heterocycles. The second-order valence-electron chi connectivity index (χ2n) is 1.92. The van der Waals surface area contributed by atoms with E-state index in [9.17, 15) is 0 Å². The van der Waals surface area contributed by atoms with Gasteiger partial charge in [0.2, 0.25) is 0 Å². The molecule has 1 N–H and O–H groups in total. The normalized spacial score (nSPS) is 15.3. The van der Waals surface area contributed by atoms with Crippen LogP contribution in [0.4, 0.5) is 0 Å². The zero-order valence-corrected chi connectivity index (χ0v) is 8.57. The molecule has 0 spiro atoms. The summed E-state index contributed by atoms with van der Waals surface area (Å²) in [7, 11) is 0. The minimum atomic E-state index is -1.20. The summed E-state index contributed by atoms with van der Waals surface area (Å²) in [6.07, 6.45) is 0. The minimum Gasteiger partial charge on any atom is -0.395 e. The number of hydrogen-bond donors (Lipinski definition) is 1. The third-order valence-electron chi connectivity index (χ3n) is 0.789. The topological polar surface area (TPSA) is 20.2 Å². The number of rotatable bonds is 3. The highest BCUT2D eigenvalue weighted by atomic mass is 35.6. The van der Waals surface area contributed by atoms with Crippen molar-refractivity contribution in [3.8, 4) is 0 Å². The van der Waals surface area contributed by atoms with Gasteiger partial charge in [-0.1, -0.05) is 41.7 Å². The molecule has 0 aromatic carbocycles. The maximum Gasteiger partial charge on any atom is 0.199 e. The highest BCUT2D eigenvalue weighted by Crippen LogP contribution is 2.31. The van der Waals surface area contributed by atoms with Gasteiger partial charge in [0.1, 0.15) is 0 Å². The molecule has 1 nitrogen and oxygen atoms in total. The van der Waals surface area contributed by atoms with Crippen LogP contribution in [0, 0.1) is 0 Å². The van der Waals surface area contributed by atoms with Gasteiger partial charge in [0.25, 0.3) is 0 Å².